The molecule has 0 aliphatic carbocycles. The Kier molecular flexibility index (Phi) is 4.46. The minimum absolute atomic E-state index is 0.375. The third kappa shape index (κ3) is 3.20. The Bertz CT molecular complexity index is 754. The Balaban J connectivity index is 2.38. The summed E-state index contributed by atoms with van der Waals surface area (Å²) in [6.45, 7) is 1.68. The van der Waals surface area contributed by atoms with Gasteiger partial charge in [0, 0.05) is 16.4 Å². The van der Waals surface area contributed by atoms with Crippen LogP contribution in [0.15, 0.2) is 42.3 Å². The van der Waals surface area contributed by atoms with Gasteiger partial charge in [0.2, 0.25) is 0 Å². The molecule has 0 unspecified atom stereocenters. The van der Waals surface area contributed by atoms with Gasteiger partial charge in [0.1, 0.15) is 0 Å². The standard InChI is InChI=1S/C12H12BrN3O3S/c1-6(17)7-3-4-9(8(13)5-7)20-12-14-10(18)11(19)15-16(12)2/h3-6,17H,1-2H3,(H,15,19)/t6-/m0/s1. The predicted molar refractivity (Wildman–Crippen MR) is 79.0 cm³/mol. The number of aromatic nitrogens is 3. The van der Waals surface area contributed by atoms with Gasteiger partial charge in [-0.15, -0.1) is 0 Å². The van der Waals surface area contributed by atoms with Crippen molar-refractivity contribution in [1.82, 2.24) is 14.8 Å². The van der Waals surface area contributed by atoms with Gasteiger partial charge in [0.15, 0.2) is 5.16 Å². The maximum absolute atomic E-state index is 11.3. The lowest BCUT2D eigenvalue weighted by molar-refractivity contribution is 0.199. The number of nitrogens with one attached hydrogen (secondary N) is 1. The third-order valence-corrected chi connectivity index (χ3v) is 4.63. The van der Waals surface area contributed by atoms with Crippen molar-refractivity contribution in [2.75, 3.05) is 0 Å². The van der Waals surface area contributed by atoms with Crippen molar-refractivity contribution in [2.45, 2.75) is 23.1 Å². The summed E-state index contributed by atoms with van der Waals surface area (Å²) in [5.74, 6) is 0. The first kappa shape index (κ1) is 15.0. The van der Waals surface area contributed by atoms with E-state index in [1.54, 1.807) is 26.1 Å². The molecule has 0 aliphatic rings. The molecule has 8 heteroatoms. The predicted octanol–water partition coefficient (Wildman–Crippen LogP) is 1.44. The van der Waals surface area contributed by atoms with E-state index in [1.807, 2.05) is 6.07 Å². The van der Waals surface area contributed by atoms with Gasteiger partial charge >= 0.3 is 11.1 Å². The third-order valence-electron chi connectivity index (χ3n) is 2.59. The van der Waals surface area contributed by atoms with Crippen molar-refractivity contribution in [3.8, 4) is 0 Å². The molecule has 0 fully saturated rings. The summed E-state index contributed by atoms with van der Waals surface area (Å²) in [6, 6.07) is 5.41. The molecule has 0 amide bonds. The Morgan fingerprint density at radius 3 is 2.75 bits per heavy atom. The van der Waals surface area contributed by atoms with Crippen LogP contribution in [0, 0.1) is 0 Å². The summed E-state index contributed by atoms with van der Waals surface area (Å²) in [5, 5.41) is 12.3. The Morgan fingerprint density at radius 2 is 2.15 bits per heavy atom. The van der Waals surface area contributed by atoms with Crippen LogP contribution in [0.4, 0.5) is 0 Å². The normalized spacial score (nSPS) is 12.4. The first-order chi connectivity index (χ1) is 9.38. The summed E-state index contributed by atoms with van der Waals surface area (Å²) in [6.07, 6.45) is -0.555. The van der Waals surface area contributed by atoms with E-state index in [4.69, 9.17) is 0 Å². The second-order valence-corrected chi connectivity index (χ2v) is 6.03. The van der Waals surface area contributed by atoms with Crippen LogP contribution in [-0.4, -0.2) is 19.9 Å². The second-order valence-electron chi connectivity index (χ2n) is 4.17. The SMILES string of the molecule is C[C@H](O)c1ccc(Sc2nc(=O)c(=O)[nH]n2C)c(Br)c1. The molecule has 2 N–H and O–H groups in total. The maximum Gasteiger partial charge on any atom is 0.339 e. The fourth-order valence-corrected chi connectivity index (χ4v) is 2.95. The van der Waals surface area contributed by atoms with Gasteiger partial charge in [-0.2, -0.15) is 4.98 Å². The number of halogens is 1. The lowest BCUT2D eigenvalue weighted by atomic mass is 10.1. The molecule has 0 saturated heterocycles. The van der Waals surface area contributed by atoms with Gasteiger partial charge in [-0.1, -0.05) is 6.07 Å². The van der Waals surface area contributed by atoms with Crippen LogP contribution in [0.1, 0.15) is 18.6 Å². The summed E-state index contributed by atoms with van der Waals surface area (Å²) in [5.41, 5.74) is -0.785. The van der Waals surface area contributed by atoms with Crippen LogP contribution >= 0.6 is 27.7 Å². The fraction of sp³-hybridized carbons (Fsp3) is 0.250. The molecule has 1 heterocycles. The molecule has 1 aromatic carbocycles. The summed E-state index contributed by atoms with van der Waals surface area (Å²) in [7, 11) is 1.61. The van der Waals surface area contributed by atoms with E-state index < -0.39 is 17.2 Å². The number of rotatable bonds is 3. The highest BCUT2D eigenvalue weighted by Gasteiger charge is 2.10. The van der Waals surface area contributed by atoms with Crippen LogP contribution in [0.3, 0.4) is 0 Å². The monoisotopic (exact) mass is 357 g/mol. The molecular weight excluding hydrogens is 346 g/mol. The number of benzene rings is 1. The van der Waals surface area contributed by atoms with Gasteiger partial charge in [0.05, 0.1) is 6.10 Å². The lowest BCUT2D eigenvalue weighted by Crippen LogP contribution is -2.33. The molecule has 0 saturated carbocycles. The van der Waals surface area contributed by atoms with Gasteiger partial charge in [0.25, 0.3) is 0 Å². The number of hydrogen-bond acceptors (Lipinski definition) is 5. The zero-order valence-electron chi connectivity index (χ0n) is 10.8. The molecule has 1 atom stereocenters. The van der Waals surface area contributed by atoms with Crippen LogP contribution in [-0.2, 0) is 7.05 Å². The van der Waals surface area contributed by atoms with E-state index in [1.165, 1.54) is 16.4 Å². The van der Waals surface area contributed by atoms with Crippen molar-refractivity contribution in [2.24, 2.45) is 7.05 Å². The largest absolute Gasteiger partial charge is 0.389 e. The highest BCUT2D eigenvalue weighted by Crippen LogP contribution is 2.33. The highest BCUT2D eigenvalue weighted by molar-refractivity contribution is 9.10. The quantitative estimate of drug-likeness (QED) is 0.811. The number of aromatic amines is 1. The highest BCUT2D eigenvalue weighted by atomic mass is 79.9. The average molecular weight is 358 g/mol. The van der Waals surface area contributed by atoms with Crippen molar-refractivity contribution in [1.29, 1.82) is 0 Å². The van der Waals surface area contributed by atoms with Crippen molar-refractivity contribution < 1.29 is 5.11 Å². The first-order valence-corrected chi connectivity index (χ1v) is 7.32. The molecule has 0 bridgehead atoms. The lowest BCUT2D eigenvalue weighted by Gasteiger charge is -2.10. The number of aliphatic hydroxyl groups is 1. The molecule has 2 aromatic rings. The first-order valence-electron chi connectivity index (χ1n) is 5.71. The van der Waals surface area contributed by atoms with Gasteiger partial charge in [-0.05, 0) is 52.3 Å². The molecule has 0 radical (unpaired) electrons. The van der Waals surface area contributed by atoms with Gasteiger partial charge in [-0.3, -0.25) is 19.4 Å². The topological polar surface area (TPSA) is 88.0 Å². The van der Waals surface area contributed by atoms with Crippen LogP contribution < -0.4 is 11.1 Å². The molecule has 1 aromatic heterocycles. The summed E-state index contributed by atoms with van der Waals surface area (Å²) in [4.78, 5) is 27.0. The summed E-state index contributed by atoms with van der Waals surface area (Å²) < 4.78 is 2.17. The minimum Gasteiger partial charge on any atom is -0.389 e. The van der Waals surface area contributed by atoms with Gasteiger partial charge < -0.3 is 5.11 Å². The van der Waals surface area contributed by atoms with Crippen LogP contribution in [0.5, 0.6) is 0 Å². The molecule has 0 aliphatic heterocycles. The van der Waals surface area contributed by atoms with Crippen LogP contribution in [0.2, 0.25) is 0 Å². The van der Waals surface area contributed by atoms with Crippen molar-refractivity contribution in [3.05, 3.63) is 48.9 Å². The van der Waals surface area contributed by atoms with Gasteiger partial charge in [-0.25, -0.2) is 0 Å². The van der Waals surface area contributed by atoms with Crippen molar-refractivity contribution in [3.63, 3.8) is 0 Å². The number of aliphatic hydroxyl groups excluding tert-OH is 1. The zero-order valence-corrected chi connectivity index (χ0v) is 13.2. The molecule has 0 spiro atoms. The van der Waals surface area contributed by atoms with E-state index >= 15 is 0 Å². The molecule has 6 nitrogen and oxygen atoms in total. The Hall–Kier alpha value is -1.38. The van der Waals surface area contributed by atoms with E-state index in [9.17, 15) is 14.7 Å². The Morgan fingerprint density at radius 1 is 1.45 bits per heavy atom. The zero-order chi connectivity index (χ0) is 14.9. The summed E-state index contributed by atoms with van der Waals surface area (Å²) >= 11 is 4.65. The molecular formula is C12H12BrN3O3S. The van der Waals surface area contributed by atoms with Crippen molar-refractivity contribution >= 4 is 27.7 Å². The number of H-pyrrole nitrogens is 1. The number of hydrogen-bond donors (Lipinski definition) is 2. The van der Waals surface area contributed by atoms with E-state index in [0.717, 1.165) is 14.9 Å². The molecule has 20 heavy (non-hydrogen) atoms. The maximum atomic E-state index is 11.3. The van der Waals surface area contributed by atoms with E-state index in [-0.39, 0.29) is 0 Å². The van der Waals surface area contributed by atoms with E-state index in [2.05, 4.69) is 26.0 Å². The number of aryl methyl sites for hydroxylation is 1. The second kappa shape index (κ2) is 5.94. The van der Waals surface area contributed by atoms with Crippen LogP contribution in [0.25, 0.3) is 0 Å². The number of nitrogens with zero attached hydrogens (tertiary/aromatic N) is 2. The Labute approximate surface area is 127 Å². The average Bonchev–Trinajstić information content (AvgIpc) is 2.37. The minimum atomic E-state index is -0.817. The molecule has 2 rings (SSSR count). The smallest absolute Gasteiger partial charge is 0.339 e. The fourth-order valence-electron chi connectivity index (χ4n) is 1.51. The van der Waals surface area contributed by atoms with E-state index in [0.29, 0.717) is 5.16 Å². The molecule has 106 valence electrons.